The summed E-state index contributed by atoms with van der Waals surface area (Å²) in [6.07, 6.45) is 3.62. The predicted molar refractivity (Wildman–Crippen MR) is 92.4 cm³/mol. The topological polar surface area (TPSA) is 65.4 Å². The Morgan fingerprint density at radius 3 is 2.71 bits per heavy atom. The molecule has 1 aromatic heterocycles. The monoisotopic (exact) mass is 336 g/mol. The van der Waals surface area contributed by atoms with Crippen molar-refractivity contribution in [3.05, 3.63) is 76.9 Å². The second-order valence-corrected chi connectivity index (χ2v) is 5.89. The van der Waals surface area contributed by atoms with Crippen molar-refractivity contribution >= 4 is 23.9 Å². The highest BCUT2D eigenvalue weighted by molar-refractivity contribution is 7.98. The largest absolute Gasteiger partial charge is 0.259 e. The van der Waals surface area contributed by atoms with E-state index >= 15 is 0 Å². The lowest BCUT2D eigenvalue weighted by Crippen LogP contribution is -1.87. The average Bonchev–Trinajstić information content (AvgIpc) is 3.07. The van der Waals surface area contributed by atoms with Gasteiger partial charge in [0.05, 0.1) is 11.6 Å². The molecule has 0 fully saturated rings. The first-order chi connectivity index (χ1) is 11.7. The number of aromatic nitrogens is 3. The first kappa shape index (κ1) is 16.0. The molecular weight excluding hydrogens is 323 g/mol. The first-order valence-corrected chi connectivity index (χ1v) is 8.20. The molecule has 2 aromatic carbocycles. The molecular formula is C18H13FN4S. The Kier molecular flexibility index (Phi) is 5.04. The quantitative estimate of drug-likeness (QED) is 0.706. The third kappa shape index (κ3) is 4.09. The first-order valence-electron chi connectivity index (χ1n) is 7.21. The van der Waals surface area contributed by atoms with Gasteiger partial charge in [0.2, 0.25) is 5.16 Å². The number of hydrogen-bond donors (Lipinski definition) is 1. The van der Waals surface area contributed by atoms with Gasteiger partial charge in [-0.3, -0.25) is 5.10 Å². The maximum atomic E-state index is 12.9. The Hall–Kier alpha value is -2.91. The third-order valence-electron chi connectivity index (χ3n) is 3.28. The van der Waals surface area contributed by atoms with Crippen molar-refractivity contribution in [3.63, 3.8) is 0 Å². The van der Waals surface area contributed by atoms with Gasteiger partial charge >= 0.3 is 0 Å². The summed E-state index contributed by atoms with van der Waals surface area (Å²) in [7, 11) is 0. The second-order valence-electron chi connectivity index (χ2n) is 4.95. The fourth-order valence-electron chi connectivity index (χ4n) is 2.04. The van der Waals surface area contributed by atoms with Gasteiger partial charge in [0.15, 0.2) is 0 Å². The molecule has 0 spiro atoms. The van der Waals surface area contributed by atoms with Crippen molar-refractivity contribution in [1.82, 2.24) is 15.2 Å². The second kappa shape index (κ2) is 7.57. The van der Waals surface area contributed by atoms with Crippen molar-refractivity contribution in [2.75, 3.05) is 0 Å². The average molecular weight is 336 g/mol. The van der Waals surface area contributed by atoms with E-state index in [-0.39, 0.29) is 5.82 Å². The van der Waals surface area contributed by atoms with Crippen molar-refractivity contribution in [3.8, 4) is 6.07 Å². The Labute approximate surface area is 143 Å². The van der Waals surface area contributed by atoms with Crippen LogP contribution in [0.3, 0.4) is 0 Å². The van der Waals surface area contributed by atoms with E-state index in [1.165, 1.54) is 23.9 Å². The Bertz CT molecular complexity index is 894. The van der Waals surface area contributed by atoms with Crippen LogP contribution in [0.4, 0.5) is 4.39 Å². The zero-order valence-electron chi connectivity index (χ0n) is 12.6. The highest BCUT2D eigenvalue weighted by atomic mass is 32.2. The molecule has 0 atom stereocenters. The lowest BCUT2D eigenvalue weighted by molar-refractivity contribution is 0.628. The molecule has 0 aliphatic carbocycles. The molecule has 0 saturated carbocycles. The summed E-state index contributed by atoms with van der Waals surface area (Å²) >= 11 is 1.46. The van der Waals surface area contributed by atoms with E-state index in [2.05, 4.69) is 21.3 Å². The molecule has 0 unspecified atom stereocenters. The molecule has 3 aromatic rings. The molecule has 3 rings (SSSR count). The van der Waals surface area contributed by atoms with E-state index in [0.717, 1.165) is 11.1 Å². The van der Waals surface area contributed by atoms with Gasteiger partial charge < -0.3 is 0 Å². The smallest absolute Gasteiger partial charge is 0.209 e. The van der Waals surface area contributed by atoms with Crippen LogP contribution in [0.1, 0.15) is 22.5 Å². The maximum Gasteiger partial charge on any atom is 0.209 e. The van der Waals surface area contributed by atoms with Gasteiger partial charge in [-0.15, -0.1) is 5.10 Å². The summed E-state index contributed by atoms with van der Waals surface area (Å²) in [5, 5.41) is 16.7. The highest BCUT2D eigenvalue weighted by Crippen LogP contribution is 2.21. The Balaban J connectivity index is 1.63. The zero-order valence-corrected chi connectivity index (χ0v) is 13.4. The minimum Gasteiger partial charge on any atom is -0.259 e. The number of thioether (sulfide) groups is 1. The molecule has 0 saturated heterocycles. The van der Waals surface area contributed by atoms with Crippen LogP contribution in [0.2, 0.25) is 0 Å². The van der Waals surface area contributed by atoms with Crippen LogP contribution in [0, 0.1) is 17.1 Å². The number of H-pyrrole nitrogens is 1. The van der Waals surface area contributed by atoms with Gasteiger partial charge in [-0.1, -0.05) is 48.2 Å². The van der Waals surface area contributed by atoms with E-state index in [9.17, 15) is 4.39 Å². The van der Waals surface area contributed by atoms with E-state index in [1.807, 2.05) is 24.3 Å². The van der Waals surface area contributed by atoms with E-state index in [0.29, 0.717) is 22.3 Å². The Morgan fingerprint density at radius 2 is 1.92 bits per heavy atom. The number of benzene rings is 2. The fraction of sp³-hybridized carbons (Fsp3) is 0.0556. The molecule has 24 heavy (non-hydrogen) atoms. The number of aromatic amines is 1. The number of halogens is 1. The third-order valence-corrected chi connectivity index (χ3v) is 4.18. The minimum atomic E-state index is -0.261. The predicted octanol–water partition coefficient (Wildman–Crippen LogP) is 4.28. The van der Waals surface area contributed by atoms with Crippen LogP contribution < -0.4 is 0 Å². The van der Waals surface area contributed by atoms with Crippen LogP contribution >= 0.6 is 11.8 Å². The summed E-state index contributed by atoms with van der Waals surface area (Å²) in [5.74, 6) is 0.987. The van der Waals surface area contributed by atoms with Crippen molar-refractivity contribution < 1.29 is 4.39 Å². The molecule has 6 heteroatoms. The van der Waals surface area contributed by atoms with Crippen molar-refractivity contribution in [2.45, 2.75) is 10.9 Å². The summed E-state index contributed by atoms with van der Waals surface area (Å²) < 4.78 is 12.9. The molecule has 0 aliphatic heterocycles. The summed E-state index contributed by atoms with van der Waals surface area (Å²) in [6, 6.07) is 15.9. The van der Waals surface area contributed by atoms with Gasteiger partial charge in [-0.05, 0) is 35.4 Å². The zero-order chi connectivity index (χ0) is 16.8. The number of rotatable bonds is 5. The number of nitrogens with zero attached hydrogens (tertiary/aromatic N) is 3. The van der Waals surface area contributed by atoms with Crippen LogP contribution in [0.15, 0.2) is 53.7 Å². The minimum absolute atomic E-state index is 0.261. The normalized spacial score (nSPS) is 10.8. The standard InChI is InChI=1S/C18H13FN4S/c19-16-8-5-13(6-9-16)7-10-17-21-18(23-22-17)24-12-15-4-2-1-3-14(15)11-20/h1-10H,12H2,(H,21,22,23)/b10-7+. The van der Waals surface area contributed by atoms with E-state index < -0.39 is 0 Å². The fourth-order valence-corrected chi connectivity index (χ4v) is 2.85. The van der Waals surface area contributed by atoms with Crippen molar-refractivity contribution in [2.24, 2.45) is 0 Å². The molecule has 1 heterocycles. The summed E-state index contributed by atoms with van der Waals surface area (Å²) in [6.45, 7) is 0. The van der Waals surface area contributed by atoms with Crippen LogP contribution in [0.25, 0.3) is 12.2 Å². The molecule has 0 radical (unpaired) electrons. The van der Waals surface area contributed by atoms with Crippen LogP contribution in [0.5, 0.6) is 0 Å². The molecule has 0 amide bonds. The summed E-state index contributed by atoms with van der Waals surface area (Å²) in [5.41, 5.74) is 2.50. The highest BCUT2D eigenvalue weighted by Gasteiger charge is 2.05. The van der Waals surface area contributed by atoms with E-state index in [1.54, 1.807) is 24.3 Å². The van der Waals surface area contributed by atoms with Gasteiger partial charge in [-0.25, -0.2) is 9.37 Å². The maximum absolute atomic E-state index is 12.9. The van der Waals surface area contributed by atoms with Gasteiger partial charge in [-0.2, -0.15) is 5.26 Å². The molecule has 1 N–H and O–H groups in total. The SMILES string of the molecule is N#Cc1ccccc1CSc1n[nH]c(/C=C/c2ccc(F)cc2)n1. The van der Waals surface area contributed by atoms with Gasteiger partial charge in [0.25, 0.3) is 0 Å². The van der Waals surface area contributed by atoms with E-state index in [4.69, 9.17) is 5.26 Å². The van der Waals surface area contributed by atoms with Crippen LogP contribution in [-0.4, -0.2) is 15.2 Å². The molecule has 4 nitrogen and oxygen atoms in total. The van der Waals surface area contributed by atoms with Gasteiger partial charge in [0.1, 0.15) is 11.6 Å². The van der Waals surface area contributed by atoms with Crippen molar-refractivity contribution in [1.29, 1.82) is 5.26 Å². The molecule has 118 valence electrons. The number of nitriles is 1. The molecule has 0 aliphatic rings. The lowest BCUT2D eigenvalue weighted by atomic mass is 10.1. The summed E-state index contributed by atoms with van der Waals surface area (Å²) in [4.78, 5) is 4.37. The van der Waals surface area contributed by atoms with Gasteiger partial charge in [0, 0.05) is 5.75 Å². The lowest BCUT2D eigenvalue weighted by Gasteiger charge is -2.00. The number of nitrogens with one attached hydrogen (secondary N) is 1. The van der Waals surface area contributed by atoms with Crippen LogP contribution in [-0.2, 0) is 5.75 Å². The molecule has 0 bridgehead atoms. The Morgan fingerprint density at radius 1 is 1.12 bits per heavy atom. The number of hydrogen-bond acceptors (Lipinski definition) is 4.